The van der Waals surface area contributed by atoms with E-state index in [9.17, 15) is 31.1 Å². The summed E-state index contributed by atoms with van der Waals surface area (Å²) in [5, 5.41) is 6.44. The van der Waals surface area contributed by atoms with Gasteiger partial charge in [-0.25, -0.2) is 4.79 Å². The number of ether oxygens (including phenoxy) is 1. The molecule has 3 atom stereocenters. The van der Waals surface area contributed by atoms with Gasteiger partial charge < -0.3 is 20.3 Å². The molecule has 0 aromatic heterocycles. The fourth-order valence-corrected chi connectivity index (χ4v) is 5.86. The fourth-order valence-electron chi connectivity index (χ4n) is 5.86. The Balaban J connectivity index is 1.51. The monoisotopic (exact) mass is 521 g/mol. The molecular formula is C25H33F6N3O2. The van der Waals surface area contributed by atoms with Gasteiger partial charge in [-0.3, -0.25) is 0 Å². The van der Waals surface area contributed by atoms with Crippen molar-refractivity contribution in [1.82, 2.24) is 15.5 Å². The third-order valence-corrected chi connectivity index (χ3v) is 8.00. The standard InChI is InChI=1S/C25H33F6N3O2/c1-16(17-11-19(24(26,27)28)13-20(12-17)25(29,30)31)36-15-23(18-5-3-2-4-6-18)8-7-21(14-33-23)34-10-9-32-22(34)35/h11-13,16,18,21,33H,2-10,14-15H2,1H3,(H,32,35)/t16?,21-,23?/m0/s1. The molecule has 2 N–H and O–H groups in total. The maximum Gasteiger partial charge on any atom is 0.416 e. The van der Waals surface area contributed by atoms with Crippen LogP contribution in [0.4, 0.5) is 31.1 Å². The summed E-state index contributed by atoms with van der Waals surface area (Å²) in [5.74, 6) is 0.291. The van der Waals surface area contributed by atoms with Gasteiger partial charge in [-0.2, -0.15) is 26.3 Å². The molecular weight excluding hydrogens is 488 g/mol. The molecule has 11 heteroatoms. The molecule has 36 heavy (non-hydrogen) atoms. The largest absolute Gasteiger partial charge is 0.416 e. The Hall–Kier alpha value is -2.01. The lowest BCUT2D eigenvalue weighted by molar-refractivity contribution is -0.143. The van der Waals surface area contributed by atoms with E-state index in [2.05, 4.69) is 10.6 Å². The molecule has 3 aliphatic rings. The smallest absolute Gasteiger partial charge is 0.372 e. The molecule has 2 amide bonds. The van der Waals surface area contributed by atoms with Crippen LogP contribution in [0.2, 0.25) is 0 Å². The number of hydrogen-bond donors (Lipinski definition) is 2. The predicted octanol–water partition coefficient (Wildman–Crippen LogP) is 5.90. The zero-order chi connectivity index (χ0) is 26.1. The van der Waals surface area contributed by atoms with Crippen LogP contribution < -0.4 is 10.6 Å². The number of hydrogen-bond acceptors (Lipinski definition) is 3. The highest BCUT2D eigenvalue weighted by molar-refractivity contribution is 5.76. The first-order valence-electron chi connectivity index (χ1n) is 12.6. The van der Waals surface area contributed by atoms with Crippen LogP contribution in [0.3, 0.4) is 0 Å². The molecule has 2 heterocycles. The Morgan fingerprint density at radius 3 is 2.17 bits per heavy atom. The summed E-state index contributed by atoms with van der Waals surface area (Å²) >= 11 is 0. The van der Waals surface area contributed by atoms with E-state index in [1.165, 1.54) is 6.92 Å². The van der Waals surface area contributed by atoms with Gasteiger partial charge in [0.2, 0.25) is 0 Å². The first-order chi connectivity index (χ1) is 16.9. The van der Waals surface area contributed by atoms with Crippen LogP contribution in [0.1, 0.15) is 74.7 Å². The third-order valence-electron chi connectivity index (χ3n) is 8.00. The molecule has 0 bridgehead atoms. The van der Waals surface area contributed by atoms with Gasteiger partial charge in [0.05, 0.1) is 23.8 Å². The minimum atomic E-state index is -4.90. The quantitative estimate of drug-likeness (QED) is 0.459. The molecule has 4 rings (SSSR count). The van der Waals surface area contributed by atoms with E-state index in [1.54, 1.807) is 0 Å². The van der Waals surface area contributed by atoms with Crippen molar-refractivity contribution in [2.45, 2.75) is 81.9 Å². The number of urea groups is 1. The lowest BCUT2D eigenvalue weighted by Gasteiger charge is -2.49. The Morgan fingerprint density at radius 2 is 1.67 bits per heavy atom. The molecule has 202 valence electrons. The number of piperidine rings is 1. The highest BCUT2D eigenvalue weighted by Crippen LogP contribution is 2.41. The Kier molecular flexibility index (Phi) is 7.81. The van der Waals surface area contributed by atoms with Crippen LogP contribution in [0, 0.1) is 5.92 Å². The Morgan fingerprint density at radius 1 is 1.03 bits per heavy atom. The summed E-state index contributed by atoms with van der Waals surface area (Å²) in [6.45, 7) is 3.50. The Bertz CT molecular complexity index is 889. The van der Waals surface area contributed by atoms with Gasteiger partial charge in [0.25, 0.3) is 0 Å². The van der Waals surface area contributed by atoms with Crippen molar-refractivity contribution >= 4 is 6.03 Å². The third kappa shape index (κ3) is 5.93. The predicted molar refractivity (Wildman–Crippen MR) is 121 cm³/mol. The molecule has 0 spiro atoms. The van der Waals surface area contributed by atoms with Crippen LogP contribution in [0.15, 0.2) is 18.2 Å². The van der Waals surface area contributed by atoms with E-state index >= 15 is 0 Å². The number of carbonyl (C=O) groups is 1. The minimum absolute atomic E-state index is 0.0412. The fraction of sp³-hybridized carbons (Fsp3) is 0.720. The number of benzene rings is 1. The molecule has 1 saturated carbocycles. The van der Waals surface area contributed by atoms with Gasteiger partial charge in [0, 0.05) is 31.2 Å². The first-order valence-corrected chi connectivity index (χ1v) is 12.6. The summed E-state index contributed by atoms with van der Waals surface area (Å²) in [5.41, 5.74) is -3.27. The number of carbonyl (C=O) groups excluding carboxylic acids is 1. The molecule has 2 saturated heterocycles. The van der Waals surface area contributed by atoms with E-state index in [0.29, 0.717) is 25.6 Å². The van der Waals surface area contributed by atoms with E-state index in [1.807, 2.05) is 4.90 Å². The SMILES string of the molecule is CC(OCC1(C2CCCCC2)CC[C@H](N2CCNC2=O)CN1)c1cc(C(F)(F)F)cc(C(F)(F)F)c1. The normalized spacial score (nSPS) is 27.2. The number of halogens is 6. The van der Waals surface area contributed by atoms with Gasteiger partial charge in [0.15, 0.2) is 0 Å². The number of amides is 2. The average Bonchev–Trinajstić information content (AvgIpc) is 3.27. The van der Waals surface area contributed by atoms with Gasteiger partial charge in [-0.05, 0) is 62.3 Å². The minimum Gasteiger partial charge on any atom is -0.372 e. The molecule has 1 aliphatic carbocycles. The lowest BCUT2D eigenvalue weighted by Crippen LogP contribution is -2.63. The summed E-state index contributed by atoms with van der Waals surface area (Å²) in [7, 11) is 0. The highest BCUT2D eigenvalue weighted by Gasteiger charge is 2.45. The summed E-state index contributed by atoms with van der Waals surface area (Å²) in [6, 6.07) is 1.57. The number of nitrogens with one attached hydrogen (secondary N) is 2. The van der Waals surface area contributed by atoms with Crippen molar-refractivity contribution in [3.63, 3.8) is 0 Å². The summed E-state index contributed by atoms with van der Waals surface area (Å²) in [4.78, 5) is 13.9. The van der Waals surface area contributed by atoms with Crippen molar-refractivity contribution in [2.24, 2.45) is 5.92 Å². The van der Waals surface area contributed by atoms with Gasteiger partial charge in [-0.1, -0.05) is 19.3 Å². The Labute approximate surface area is 206 Å². The first kappa shape index (κ1) is 27.0. The summed E-state index contributed by atoms with van der Waals surface area (Å²) < 4.78 is 86.0. The van der Waals surface area contributed by atoms with E-state index in [4.69, 9.17) is 4.74 Å². The second kappa shape index (κ2) is 10.4. The van der Waals surface area contributed by atoms with Crippen molar-refractivity contribution in [3.05, 3.63) is 34.9 Å². The summed E-state index contributed by atoms with van der Waals surface area (Å²) in [6.07, 6.45) is -4.02. The molecule has 1 aromatic carbocycles. The van der Waals surface area contributed by atoms with Crippen LogP contribution >= 0.6 is 0 Å². The van der Waals surface area contributed by atoms with E-state index in [-0.39, 0.29) is 30.3 Å². The molecule has 3 fully saturated rings. The van der Waals surface area contributed by atoms with Crippen molar-refractivity contribution in [2.75, 3.05) is 26.2 Å². The van der Waals surface area contributed by atoms with Gasteiger partial charge in [-0.15, -0.1) is 0 Å². The lowest BCUT2D eigenvalue weighted by atomic mass is 9.70. The van der Waals surface area contributed by atoms with Crippen LogP contribution in [0.25, 0.3) is 0 Å². The van der Waals surface area contributed by atoms with Gasteiger partial charge >= 0.3 is 18.4 Å². The molecule has 2 unspecified atom stereocenters. The van der Waals surface area contributed by atoms with Gasteiger partial charge in [0.1, 0.15) is 0 Å². The molecule has 1 aromatic rings. The number of nitrogens with zero attached hydrogens (tertiary/aromatic N) is 1. The van der Waals surface area contributed by atoms with Crippen molar-refractivity contribution < 1.29 is 35.9 Å². The van der Waals surface area contributed by atoms with Crippen LogP contribution in [-0.2, 0) is 17.1 Å². The molecule has 2 aliphatic heterocycles. The zero-order valence-corrected chi connectivity index (χ0v) is 20.3. The second-order valence-electron chi connectivity index (χ2n) is 10.3. The second-order valence-corrected chi connectivity index (χ2v) is 10.3. The molecule has 5 nitrogen and oxygen atoms in total. The number of alkyl halides is 6. The highest BCUT2D eigenvalue weighted by atomic mass is 19.4. The zero-order valence-electron chi connectivity index (χ0n) is 20.3. The van der Waals surface area contributed by atoms with E-state index < -0.39 is 35.1 Å². The van der Waals surface area contributed by atoms with Crippen LogP contribution in [-0.4, -0.2) is 48.8 Å². The van der Waals surface area contributed by atoms with E-state index in [0.717, 1.165) is 57.1 Å². The van der Waals surface area contributed by atoms with Crippen molar-refractivity contribution in [1.29, 1.82) is 0 Å². The average molecular weight is 522 g/mol. The topological polar surface area (TPSA) is 53.6 Å². The molecule has 0 radical (unpaired) electrons. The maximum atomic E-state index is 13.3. The van der Waals surface area contributed by atoms with Crippen LogP contribution in [0.5, 0.6) is 0 Å². The number of rotatable bonds is 6. The maximum absolute atomic E-state index is 13.3. The van der Waals surface area contributed by atoms with Crippen molar-refractivity contribution in [3.8, 4) is 0 Å².